The van der Waals surface area contributed by atoms with E-state index >= 15 is 0 Å². The van der Waals surface area contributed by atoms with Gasteiger partial charge in [0.1, 0.15) is 5.04 Å². The molecule has 3 rings (SSSR count). The molecule has 1 aromatic carbocycles. The molecule has 0 aromatic heterocycles. The lowest BCUT2D eigenvalue weighted by Crippen LogP contribution is -1.94. The molecule has 2 heterocycles. The quantitative estimate of drug-likeness (QED) is 0.822. The monoisotopic (exact) mass is 277 g/mol. The number of aliphatic carboxylic acids is 1. The van der Waals surface area contributed by atoms with Gasteiger partial charge in [-0.3, -0.25) is 4.79 Å². The molecule has 0 fully saturated rings. The summed E-state index contributed by atoms with van der Waals surface area (Å²) in [7, 11) is 0. The van der Waals surface area contributed by atoms with E-state index in [1.54, 1.807) is 18.2 Å². The second kappa shape index (κ2) is 4.43. The summed E-state index contributed by atoms with van der Waals surface area (Å²) in [6.45, 7) is 0.168. The number of rotatable bonds is 2. The number of fused-ring (bicyclic) bond motifs is 1. The SMILES string of the molecule is O=C(O)/C=C1/SC(c2ccc3c(c2)OCO3)=NC1=O. The Morgan fingerprint density at radius 3 is 2.95 bits per heavy atom. The standard InChI is InChI=1S/C12H7NO5S/c14-10(15)4-9-11(16)13-12(19-9)6-1-2-7-8(3-6)18-5-17-7/h1-4H,5H2,(H,14,15)/b9-4+. The average molecular weight is 277 g/mol. The summed E-state index contributed by atoms with van der Waals surface area (Å²) in [5.41, 5.74) is 0.691. The molecule has 96 valence electrons. The zero-order chi connectivity index (χ0) is 13.4. The summed E-state index contributed by atoms with van der Waals surface area (Å²) in [6, 6.07) is 5.19. The van der Waals surface area contributed by atoms with E-state index in [2.05, 4.69) is 4.99 Å². The fourth-order valence-corrected chi connectivity index (χ4v) is 2.55. The van der Waals surface area contributed by atoms with Crippen molar-refractivity contribution < 1.29 is 24.2 Å². The lowest BCUT2D eigenvalue weighted by Gasteiger charge is -2.01. The molecule has 6 nitrogen and oxygen atoms in total. The molecule has 0 radical (unpaired) electrons. The van der Waals surface area contributed by atoms with E-state index in [1.165, 1.54) is 0 Å². The predicted molar refractivity (Wildman–Crippen MR) is 67.4 cm³/mol. The molecule has 0 saturated heterocycles. The van der Waals surface area contributed by atoms with Crippen LogP contribution in [0.4, 0.5) is 0 Å². The molecule has 0 unspecified atom stereocenters. The van der Waals surface area contributed by atoms with Crippen LogP contribution in [0.5, 0.6) is 11.5 Å². The van der Waals surface area contributed by atoms with E-state index in [0.717, 1.165) is 17.8 Å². The third kappa shape index (κ3) is 2.19. The molecule has 2 aliphatic rings. The third-order valence-corrected chi connectivity index (χ3v) is 3.53. The number of carbonyl (C=O) groups is 2. The highest BCUT2D eigenvalue weighted by Crippen LogP contribution is 2.36. The molecule has 19 heavy (non-hydrogen) atoms. The normalized spacial score (nSPS) is 18.8. The van der Waals surface area contributed by atoms with Gasteiger partial charge in [-0.05, 0) is 18.2 Å². The summed E-state index contributed by atoms with van der Waals surface area (Å²) < 4.78 is 10.4. The number of nitrogens with zero attached hydrogens (tertiary/aromatic N) is 1. The fraction of sp³-hybridized carbons (Fsp3) is 0.0833. The lowest BCUT2D eigenvalue weighted by atomic mass is 10.2. The van der Waals surface area contributed by atoms with Crippen molar-refractivity contribution >= 4 is 28.7 Å². The summed E-state index contributed by atoms with van der Waals surface area (Å²) >= 11 is 1.03. The molecule has 0 aliphatic carbocycles. The van der Waals surface area contributed by atoms with E-state index in [9.17, 15) is 9.59 Å². The highest BCUT2D eigenvalue weighted by Gasteiger charge is 2.25. The maximum atomic E-state index is 11.5. The van der Waals surface area contributed by atoms with Gasteiger partial charge in [-0.2, -0.15) is 0 Å². The van der Waals surface area contributed by atoms with Gasteiger partial charge in [0.25, 0.3) is 5.91 Å². The first-order chi connectivity index (χ1) is 9.13. The van der Waals surface area contributed by atoms with Crippen LogP contribution in [-0.2, 0) is 9.59 Å². The number of carbonyl (C=O) groups excluding carboxylic acids is 1. The van der Waals surface area contributed by atoms with Gasteiger partial charge in [0, 0.05) is 11.6 Å². The van der Waals surface area contributed by atoms with Crippen LogP contribution in [0.25, 0.3) is 0 Å². The van der Waals surface area contributed by atoms with Gasteiger partial charge >= 0.3 is 5.97 Å². The van der Waals surface area contributed by atoms with Crippen LogP contribution >= 0.6 is 11.8 Å². The smallest absolute Gasteiger partial charge is 0.329 e. The minimum atomic E-state index is -1.17. The Balaban J connectivity index is 1.90. The van der Waals surface area contributed by atoms with Crippen LogP contribution in [0.2, 0.25) is 0 Å². The Labute approximate surface area is 111 Å². The van der Waals surface area contributed by atoms with E-state index < -0.39 is 11.9 Å². The van der Waals surface area contributed by atoms with Crippen LogP contribution in [0.1, 0.15) is 5.56 Å². The van der Waals surface area contributed by atoms with Crippen molar-refractivity contribution in [2.24, 2.45) is 4.99 Å². The Hall–Kier alpha value is -2.28. The average Bonchev–Trinajstić information content (AvgIpc) is 2.95. The topological polar surface area (TPSA) is 85.2 Å². The third-order valence-electron chi connectivity index (χ3n) is 2.49. The van der Waals surface area contributed by atoms with Crippen LogP contribution in [-0.4, -0.2) is 28.8 Å². The zero-order valence-electron chi connectivity index (χ0n) is 9.45. The predicted octanol–water partition coefficient (Wildman–Crippen LogP) is 1.40. The van der Waals surface area contributed by atoms with Gasteiger partial charge in [-0.25, -0.2) is 9.79 Å². The van der Waals surface area contributed by atoms with Gasteiger partial charge in [-0.1, -0.05) is 11.8 Å². The first-order valence-corrected chi connectivity index (χ1v) is 6.10. The largest absolute Gasteiger partial charge is 0.478 e. The molecule has 7 heteroatoms. The minimum Gasteiger partial charge on any atom is -0.478 e. The molecule has 2 aliphatic heterocycles. The second-order valence-electron chi connectivity index (χ2n) is 3.74. The molecule has 0 bridgehead atoms. The molecule has 1 aromatic rings. The van der Waals surface area contributed by atoms with E-state index in [1.807, 2.05) is 0 Å². The van der Waals surface area contributed by atoms with Crippen molar-refractivity contribution in [1.29, 1.82) is 0 Å². The van der Waals surface area contributed by atoms with E-state index in [-0.39, 0.29) is 11.7 Å². The fourth-order valence-electron chi connectivity index (χ4n) is 1.67. The van der Waals surface area contributed by atoms with Crippen LogP contribution < -0.4 is 9.47 Å². The first-order valence-electron chi connectivity index (χ1n) is 5.29. The van der Waals surface area contributed by atoms with Crippen molar-refractivity contribution in [3.8, 4) is 11.5 Å². The number of aliphatic imine (C=N–C) groups is 1. The lowest BCUT2D eigenvalue weighted by molar-refractivity contribution is -0.131. The van der Waals surface area contributed by atoms with Gasteiger partial charge in [0.05, 0.1) is 4.91 Å². The van der Waals surface area contributed by atoms with Gasteiger partial charge < -0.3 is 14.6 Å². The highest BCUT2D eigenvalue weighted by molar-refractivity contribution is 8.19. The number of carboxylic acid groups (broad SMARTS) is 1. The number of hydrogen-bond donors (Lipinski definition) is 1. The van der Waals surface area contributed by atoms with Gasteiger partial charge in [-0.15, -0.1) is 0 Å². The Morgan fingerprint density at radius 1 is 1.37 bits per heavy atom. The van der Waals surface area contributed by atoms with Crippen molar-refractivity contribution in [2.45, 2.75) is 0 Å². The molecule has 0 saturated carbocycles. The number of carboxylic acids is 1. The van der Waals surface area contributed by atoms with E-state index in [0.29, 0.717) is 22.1 Å². The number of benzene rings is 1. The summed E-state index contributed by atoms with van der Waals surface area (Å²) in [5.74, 6) is -0.484. The number of hydrogen-bond acceptors (Lipinski definition) is 5. The van der Waals surface area contributed by atoms with E-state index in [4.69, 9.17) is 14.6 Å². The van der Waals surface area contributed by atoms with Crippen LogP contribution in [0.3, 0.4) is 0 Å². The molecular weight excluding hydrogens is 270 g/mol. The number of ether oxygens (including phenoxy) is 2. The van der Waals surface area contributed by atoms with Crippen molar-refractivity contribution in [3.05, 3.63) is 34.7 Å². The molecule has 1 amide bonds. The second-order valence-corrected chi connectivity index (χ2v) is 4.77. The minimum absolute atomic E-state index is 0.0974. The Morgan fingerprint density at radius 2 is 2.16 bits per heavy atom. The van der Waals surface area contributed by atoms with Gasteiger partial charge in [0.15, 0.2) is 11.5 Å². The van der Waals surface area contributed by atoms with Crippen molar-refractivity contribution in [3.63, 3.8) is 0 Å². The van der Waals surface area contributed by atoms with Crippen LogP contribution in [0.15, 0.2) is 34.2 Å². The van der Waals surface area contributed by atoms with Crippen molar-refractivity contribution in [1.82, 2.24) is 0 Å². The number of amides is 1. The zero-order valence-corrected chi connectivity index (χ0v) is 10.3. The molecular formula is C12H7NO5S. The van der Waals surface area contributed by atoms with Gasteiger partial charge in [0.2, 0.25) is 6.79 Å². The Kier molecular flexibility index (Phi) is 2.75. The Bertz CT molecular complexity index is 650. The highest BCUT2D eigenvalue weighted by atomic mass is 32.2. The maximum Gasteiger partial charge on any atom is 0.329 e. The summed E-state index contributed by atoms with van der Waals surface area (Å²) in [4.78, 5) is 26.0. The summed E-state index contributed by atoms with van der Waals surface area (Å²) in [6.07, 6.45) is 0.858. The first kappa shape index (κ1) is 11.8. The maximum absolute atomic E-state index is 11.5. The molecule has 0 spiro atoms. The van der Waals surface area contributed by atoms with Crippen LogP contribution in [0, 0.1) is 0 Å². The number of thioether (sulfide) groups is 1. The summed E-state index contributed by atoms with van der Waals surface area (Å²) in [5, 5.41) is 9.10. The van der Waals surface area contributed by atoms with Crippen molar-refractivity contribution in [2.75, 3.05) is 6.79 Å². The molecule has 1 N–H and O–H groups in total. The molecule has 0 atom stereocenters.